The van der Waals surface area contributed by atoms with Crippen molar-refractivity contribution in [3.63, 3.8) is 0 Å². The van der Waals surface area contributed by atoms with Gasteiger partial charge in [0.05, 0.1) is 13.1 Å². The first-order valence-electron chi connectivity index (χ1n) is 4.60. The Hall–Kier alpha value is -0.580. The minimum atomic E-state index is -4.24. The molecule has 0 unspecified atom stereocenters. The molecule has 0 rings (SSSR count). The van der Waals surface area contributed by atoms with Gasteiger partial charge in [-0.25, -0.2) is 0 Å². The fourth-order valence-electron chi connectivity index (χ4n) is 0.882. The van der Waals surface area contributed by atoms with Crippen LogP contribution in [0.1, 0.15) is 26.7 Å². The van der Waals surface area contributed by atoms with Gasteiger partial charge in [0.25, 0.3) is 0 Å². The molecule has 0 aromatic rings. The van der Waals surface area contributed by atoms with Crippen LogP contribution in [0.15, 0.2) is 0 Å². The Morgan fingerprint density at radius 2 is 1.93 bits per heavy atom. The van der Waals surface area contributed by atoms with Crippen molar-refractivity contribution in [1.29, 1.82) is 0 Å². The molecule has 0 fully saturated rings. The summed E-state index contributed by atoms with van der Waals surface area (Å²) in [7, 11) is 0. The van der Waals surface area contributed by atoms with E-state index in [1.165, 1.54) is 0 Å². The first-order valence-corrected chi connectivity index (χ1v) is 4.60. The van der Waals surface area contributed by atoms with Crippen molar-refractivity contribution in [2.24, 2.45) is 5.92 Å². The van der Waals surface area contributed by atoms with Gasteiger partial charge in [0.15, 0.2) is 0 Å². The molecule has 0 aliphatic heterocycles. The highest BCUT2D eigenvalue weighted by atomic mass is 19.4. The van der Waals surface area contributed by atoms with E-state index in [4.69, 9.17) is 0 Å². The molecule has 0 bridgehead atoms. The maximum atomic E-state index is 11.6. The van der Waals surface area contributed by atoms with Gasteiger partial charge >= 0.3 is 6.18 Å². The summed E-state index contributed by atoms with van der Waals surface area (Å²) in [6, 6.07) is 0. The summed E-state index contributed by atoms with van der Waals surface area (Å²) in [5, 5.41) is 2.07. The van der Waals surface area contributed by atoms with Crippen LogP contribution in [0.4, 0.5) is 13.2 Å². The van der Waals surface area contributed by atoms with E-state index >= 15 is 0 Å². The molecule has 0 saturated heterocycles. The monoisotopic (exact) mass is 211 g/mol. The quantitative estimate of drug-likeness (QED) is 0.729. The first-order chi connectivity index (χ1) is 6.31. The van der Waals surface area contributed by atoms with Crippen LogP contribution in [-0.2, 0) is 4.79 Å². The van der Waals surface area contributed by atoms with Crippen molar-refractivity contribution in [2.45, 2.75) is 32.9 Å². The molecule has 0 saturated carbocycles. The Kier molecular flexibility index (Phi) is 5.76. The summed E-state index contributed by atoms with van der Waals surface area (Å²) >= 11 is 0. The van der Waals surface area contributed by atoms with Crippen molar-refractivity contribution < 1.29 is 18.0 Å². The molecule has 1 N–H and O–H groups in total. The Morgan fingerprint density at radius 3 is 2.36 bits per heavy atom. The molecular weight excluding hydrogens is 195 g/mol. The van der Waals surface area contributed by atoms with Crippen LogP contribution in [0, 0.1) is 5.92 Å². The summed E-state index contributed by atoms with van der Waals surface area (Å²) in [5.74, 6) is 0.240. The van der Waals surface area contributed by atoms with Crippen molar-refractivity contribution in [3.8, 4) is 0 Å². The highest BCUT2D eigenvalue weighted by Gasteiger charge is 2.26. The minimum Gasteiger partial charge on any atom is -0.302 e. The van der Waals surface area contributed by atoms with Crippen LogP contribution < -0.4 is 5.32 Å². The standard InChI is InChI=1S/C9H16F3NO/c1-7(2)3-4-8(14)5-13-6-9(10,11)12/h7,13H,3-6H2,1-2H3. The zero-order chi connectivity index (χ0) is 11.2. The van der Waals surface area contributed by atoms with E-state index in [1.807, 2.05) is 13.8 Å². The number of rotatable bonds is 6. The summed E-state index contributed by atoms with van der Waals surface area (Å²) in [4.78, 5) is 11.0. The van der Waals surface area contributed by atoms with E-state index in [0.717, 1.165) is 6.42 Å². The molecule has 0 aliphatic rings. The lowest BCUT2D eigenvalue weighted by molar-refractivity contribution is -0.127. The molecule has 2 nitrogen and oxygen atoms in total. The zero-order valence-corrected chi connectivity index (χ0v) is 8.45. The maximum absolute atomic E-state index is 11.6. The maximum Gasteiger partial charge on any atom is 0.401 e. The number of alkyl halides is 3. The van der Waals surface area contributed by atoms with Gasteiger partial charge in [0.2, 0.25) is 0 Å². The van der Waals surface area contributed by atoms with Gasteiger partial charge in [-0.2, -0.15) is 13.2 Å². The number of carbonyl (C=O) groups excluding carboxylic acids is 1. The van der Waals surface area contributed by atoms with Crippen molar-refractivity contribution in [2.75, 3.05) is 13.1 Å². The molecule has 84 valence electrons. The van der Waals surface area contributed by atoms with E-state index in [1.54, 1.807) is 0 Å². The Balaban J connectivity index is 3.46. The van der Waals surface area contributed by atoms with Crippen LogP contribution in [0.25, 0.3) is 0 Å². The van der Waals surface area contributed by atoms with Gasteiger partial charge < -0.3 is 5.32 Å². The molecule has 0 heterocycles. The molecule has 0 radical (unpaired) electrons. The molecule has 0 aromatic heterocycles. The SMILES string of the molecule is CC(C)CCC(=O)CNCC(F)(F)F. The number of halogens is 3. The van der Waals surface area contributed by atoms with Gasteiger partial charge in [0, 0.05) is 6.42 Å². The number of nitrogens with one attached hydrogen (secondary N) is 1. The molecule has 0 amide bonds. The molecular formula is C9H16F3NO. The van der Waals surface area contributed by atoms with Gasteiger partial charge in [-0.05, 0) is 12.3 Å². The number of hydrogen-bond donors (Lipinski definition) is 1. The number of Topliss-reactive ketones (excluding diaryl/α,β-unsaturated/α-hetero) is 1. The molecule has 5 heteroatoms. The molecule has 0 aromatic carbocycles. The van der Waals surface area contributed by atoms with E-state index in [0.29, 0.717) is 12.3 Å². The lowest BCUT2D eigenvalue weighted by Crippen LogP contribution is -2.32. The van der Waals surface area contributed by atoms with Crippen LogP contribution in [0.2, 0.25) is 0 Å². The van der Waals surface area contributed by atoms with E-state index in [2.05, 4.69) is 5.32 Å². The van der Waals surface area contributed by atoms with Gasteiger partial charge in [-0.3, -0.25) is 4.79 Å². The van der Waals surface area contributed by atoms with Gasteiger partial charge in [-0.15, -0.1) is 0 Å². The minimum absolute atomic E-state index is 0.164. The first kappa shape index (κ1) is 13.4. The van der Waals surface area contributed by atoms with Gasteiger partial charge in [0.1, 0.15) is 5.78 Å². The van der Waals surface area contributed by atoms with Crippen LogP contribution in [-0.4, -0.2) is 25.0 Å². The molecule has 0 spiro atoms. The highest BCUT2D eigenvalue weighted by molar-refractivity contribution is 5.80. The van der Waals surface area contributed by atoms with Crippen molar-refractivity contribution >= 4 is 5.78 Å². The van der Waals surface area contributed by atoms with Crippen LogP contribution in [0.3, 0.4) is 0 Å². The number of ketones is 1. The average Bonchev–Trinajstić information content (AvgIpc) is 1.98. The highest BCUT2D eigenvalue weighted by Crippen LogP contribution is 2.12. The summed E-state index contributed by atoms with van der Waals surface area (Å²) in [6.45, 7) is 2.65. The molecule has 0 atom stereocenters. The lowest BCUT2D eigenvalue weighted by atomic mass is 10.1. The normalized spacial score (nSPS) is 12.1. The summed E-state index contributed by atoms with van der Waals surface area (Å²) in [6.07, 6.45) is -3.16. The topological polar surface area (TPSA) is 29.1 Å². The second-order valence-corrected chi connectivity index (χ2v) is 3.69. The van der Waals surface area contributed by atoms with Crippen LogP contribution >= 0.6 is 0 Å². The second kappa shape index (κ2) is 6.01. The van der Waals surface area contributed by atoms with E-state index < -0.39 is 12.7 Å². The third kappa shape index (κ3) is 9.51. The Labute approximate surface area is 81.9 Å². The smallest absolute Gasteiger partial charge is 0.302 e. The van der Waals surface area contributed by atoms with Crippen molar-refractivity contribution in [3.05, 3.63) is 0 Å². The Bertz CT molecular complexity index is 177. The summed E-state index contributed by atoms with van der Waals surface area (Å²) in [5.41, 5.74) is 0. The fourth-order valence-corrected chi connectivity index (χ4v) is 0.882. The third-order valence-corrected chi connectivity index (χ3v) is 1.65. The van der Waals surface area contributed by atoms with Gasteiger partial charge in [-0.1, -0.05) is 13.8 Å². The number of hydrogen-bond acceptors (Lipinski definition) is 2. The average molecular weight is 211 g/mol. The van der Waals surface area contributed by atoms with Crippen molar-refractivity contribution in [1.82, 2.24) is 5.32 Å². The lowest BCUT2D eigenvalue weighted by Gasteiger charge is -2.08. The van der Waals surface area contributed by atoms with E-state index in [-0.39, 0.29) is 12.3 Å². The Morgan fingerprint density at radius 1 is 1.36 bits per heavy atom. The molecule has 0 aliphatic carbocycles. The zero-order valence-electron chi connectivity index (χ0n) is 8.45. The molecule has 14 heavy (non-hydrogen) atoms. The summed E-state index contributed by atoms with van der Waals surface area (Å²) < 4.78 is 34.9. The van der Waals surface area contributed by atoms with Crippen LogP contribution in [0.5, 0.6) is 0 Å². The third-order valence-electron chi connectivity index (χ3n) is 1.65. The predicted molar refractivity (Wildman–Crippen MR) is 48.0 cm³/mol. The number of carbonyl (C=O) groups is 1. The fraction of sp³-hybridized carbons (Fsp3) is 0.889. The van der Waals surface area contributed by atoms with E-state index in [9.17, 15) is 18.0 Å². The largest absolute Gasteiger partial charge is 0.401 e. The second-order valence-electron chi connectivity index (χ2n) is 3.69. The predicted octanol–water partition coefficient (Wildman–Crippen LogP) is 2.14.